The molecule has 30 heteroatoms. The molecule has 0 spiro atoms. The van der Waals surface area contributed by atoms with Gasteiger partial charge in [0.15, 0.2) is 11.9 Å². The van der Waals surface area contributed by atoms with Gasteiger partial charge in [-0.1, -0.05) is 0 Å². The molecule has 0 aliphatic carbocycles. The van der Waals surface area contributed by atoms with Gasteiger partial charge in [-0.2, -0.15) is 0 Å². The van der Waals surface area contributed by atoms with Crippen LogP contribution in [0.4, 0.5) is 0 Å². The van der Waals surface area contributed by atoms with E-state index in [2.05, 4.69) is 9.98 Å². The molecule has 0 radical (unpaired) electrons. The van der Waals surface area contributed by atoms with Crippen molar-refractivity contribution in [2.75, 3.05) is 13.1 Å². The first-order chi connectivity index (χ1) is 27.0. The normalized spacial score (nSPS) is 11.8. The van der Waals surface area contributed by atoms with Crippen LogP contribution < -0.4 is 51.6 Å². The Bertz CT molecular complexity index is 1200. The number of hydrogen-bond acceptors (Lipinski definition) is 17. The lowest BCUT2D eigenvalue weighted by atomic mass is 10.2. The summed E-state index contributed by atoms with van der Waals surface area (Å²) in [5.41, 5.74) is 45.2. The second-order valence-corrected chi connectivity index (χ2v) is 11.0. The second kappa shape index (κ2) is 46.9. The predicted octanol–water partition coefficient (Wildman–Crippen LogP) is -5.36. The van der Waals surface area contributed by atoms with Gasteiger partial charge >= 0.3 is 41.8 Å². The van der Waals surface area contributed by atoms with E-state index >= 15 is 0 Å². The SMILES string of the molecule is CC(=O)O.CC(=O)O.CC(N)C(=O)O.CC(N)C(=O)O.CC(O)C(N)C(=O)O.NC(N)=NCCCC(N)C(=O)O.NC(N)=NCCCC(N)C(=O)O.O=C(O)CCC(=O)O. The molecule has 0 heterocycles. The molecule has 30 nitrogen and oxygen atoms in total. The summed E-state index contributed by atoms with van der Waals surface area (Å²) in [7, 11) is 0. The molecule has 0 aromatic heterocycles. The summed E-state index contributed by atoms with van der Waals surface area (Å²) < 4.78 is 0. The maximum absolute atomic E-state index is 10.2. The van der Waals surface area contributed by atoms with Crippen LogP contribution in [0.1, 0.15) is 73.1 Å². The van der Waals surface area contributed by atoms with Crippen molar-refractivity contribution in [2.45, 2.75) is 109 Å². The Morgan fingerprint density at radius 1 is 0.467 bits per heavy atom. The Hall–Kier alpha value is -6.47. The van der Waals surface area contributed by atoms with Crippen molar-refractivity contribution in [1.29, 1.82) is 0 Å². The fourth-order valence-corrected chi connectivity index (χ4v) is 1.71. The Morgan fingerprint density at radius 3 is 0.783 bits per heavy atom. The Balaban J connectivity index is -0.0000000884. The zero-order valence-electron chi connectivity index (χ0n) is 33.9. The molecule has 0 fully saturated rings. The lowest BCUT2D eigenvalue weighted by Crippen LogP contribution is -2.39. The summed E-state index contributed by atoms with van der Waals surface area (Å²) >= 11 is 0. The lowest BCUT2D eigenvalue weighted by Gasteiger charge is -2.06. The molecule has 0 aromatic rings. The summed E-state index contributed by atoms with van der Waals surface area (Å²) in [6, 6.07) is -4.26. The molecule has 0 aliphatic heterocycles. The molecule has 60 heavy (non-hydrogen) atoms. The molecule has 6 atom stereocenters. The fraction of sp³-hybridized carbons (Fsp3) is 0.633. The zero-order valence-corrected chi connectivity index (χ0v) is 33.9. The van der Waals surface area contributed by atoms with Gasteiger partial charge in [0, 0.05) is 26.9 Å². The molecule has 0 aromatic carbocycles. The van der Waals surface area contributed by atoms with Crippen LogP contribution in [0, 0.1) is 0 Å². The molecule has 354 valence electrons. The van der Waals surface area contributed by atoms with E-state index in [9.17, 15) is 33.6 Å². The average molecular weight is 884 g/mol. The minimum Gasteiger partial charge on any atom is -0.481 e. The second-order valence-electron chi connectivity index (χ2n) is 11.0. The van der Waals surface area contributed by atoms with E-state index in [1.807, 2.05) is 0 Å². The van der Waals surface area contributed by atoms with Gasteiger partial charge in [-0.25, -0.2) is 0 Å². The topological polar surface area (TPSA) is 615 Å². The maximum atomic E-state index is 10.2. The van der Waals surface area contributed by atoms with E-state index in [4.69, 9.17) is 112 Å². The standard InChI is InChI=1S/2C6H14N4O2.C4H9NO3.C4H6O4.2C3H7NO2.2C2H4O2/c2*7-4(5(11)12)2-1-3-10-6(8)9;1-2(6)3(5)4(7)8;5-3(6)1-2-4(7)8;2*1-2(4)3(5)6;2*1-2(3)4/h2*4H,1-3,7H2,(H,11,12)(H4,8,9,10);2-3,6H,5H2,1H3,(H,7,8);1-2H2,(H,5,6)(H,7,8);2*2H,4H2,1H3,(H,5,6);2*1H3,(H,3,4). The van der Waals surface area contributed by atoms with Gasteiger partial charge in [0.1, 0.15) is 30.2 Å². The fourth-order valence-electron chi connectivity index (χ4n) is 1.71. The quantitative estimate of drug-likeness (QED) is 0.0368. The number of aliphatic hydroxyl groups excluding tert-OH is 1. The number of rotatable bonds is 17. The predicted molar refractivity (Wildman–Crippen MR) is 212 cm³/mol. The highest BCUT2D eigenvalue weighted by Gasteiger charge is 2.16. The first kappa shape index (κ1) is 71.3. The highest BCUT2D eigenvalue weighted by molar-refractivity contribution is 5.77. The number of aliphatic imine (C=N–C) groups is 2. The summed E-state index contributed by atoms with van der Waals surface area (Å²) in [6.07, 6.45) is 0.340. The maximum Gasteiger partial charge on any atom is 0.323 e. The summed E-state index contributed by atoms with van der Waals surface area (Å²) in [6.45, 7) is 7.18. The monoisotopic (exact) mass is 883 g/mol. The van der Waals surface area contributed by atoms with Crippen LogP contribution in [-0.2, 0) is 43.2 Å². The molecule has 0 aliphatic rings. The molecule has 6 unspecified atom stereocenters. The number of carboxylic acids is 9. The number of carboxylic acid groups (broad SMARTS) is 9. The van der Waals surface area contributed by atoms with Gasteiger partial charge < -0.3 is 103 Å². The third-order valence-corrected chi connectivity index (χ3v) is 4.71. The van der Waals surface area contributed by atoms with E-state index < -0.39 is 90.0 Å². The minimum atomic E-state index is -1.18. The highest BCUT2D eigenvalue weighted by Crippen LogP contribution is 1.95. The van der Waals surface area contributed by atoms with Crippen molar-refractivity contribution in [3.8, 4) is 0 Å². The molecule has 0 amide bonds. The summed E-state index contributed by atoms with van der Waals surface area (Å²) in [4.78, 5) is 94.1. The van der Waals surface area contributed by atoms with Gasteiger partial charge in [0.25, 0.3) is 11.9 Å². The largest absolute Gasteiger partial charge is 0.481 e. The number of nitrogens with two attached hydrogens (primary N) is 9. The van der Waals surface area contributed by atoms with Crippen LogP contribution in [0.3, 0.4) is 0 Å². The zero-order chi connectivity index (χ0) is 49.9. The van der Waals surface area contributed by atoms with E-state index in [-0.39, 0.29) is 24.8 Å². The number of aliphatic hydroxyl groups is 1. The van der Waals surface area contributed by atoms with Gasteiger partial charge in [-0.15, -0.1) is 0 Å². The average Bonchev–Trinajstić information content (AvgIpc) is 3.07. The minimum absolute atomic E-state index is 0.0129. The molecule has 0 saturated carbocycles. The van der Waals surface area contributed by atoms with Crippen LogP contribution in [0.2, 0.25) is 0 Å². The van der Waals surface area contributed by atoms with Gasteiger partial charge in [-0.3, -0.25) is 53.1 Å². The van der Waals surface area contributed by atoms with Crippen molar-refractivity contribution in [3.05, 3.63) is 0 Å². The first-order valence-corrected chi connectivity index (χ1v) is 16.5. The molecular formula is C30H65N11O19. The Labute approximate surface area is 344 Å². The molecule has 0 rings (SSSR count). The lowest BCUT2D eigenvalue weighted by molar-refractivity contribution is -0.143. The van der Waals surface area contributed by atoms with E-state index in [1.165, 1.54) is 20.8 Å². The van der Waals surface area contributed by atoms with Gasteiger partial charge in [0.05, 0.1) is 18.9 Å². The highest BCUT2D eigenvalue weighted by atomic mass is 16.4. The number of hydrogen-bond donors (Lipinski definition) is 19. The smallest absolute Gasteiger partial charge is 0.323 e. The van der Waals surface area contributed by atoms with Crippen LogP contribution >= 0.6 is 0 Å². The number of guanidine groups is 2. The van der Waals surface area contributed by atoms with E-state index in [0.29, 0.717) is 38.8 Å². The molecular weight excluding hydrogens is 818 g/mol. The van der Waals surface area contributed by atoms with Gasteiger partial charge in [-0.05, 0) is 46.5 Å². The summed E-state index contributed by atoms with van der Waals surface area (Å²) in [5.74, 6) is -8.90. The molecule has 0 saturated heterocycles. The molecule has 28 N–H and O–H groups in total. The number of carbonyl (C=O) groups is 9. The van der Waals surface area contributed by atoms with E-state index in [1.54, 1.807) is 0 Å². The van der Waals surface area contributed by atoms with Crippen molar-refractivity contribution < 1.29 is 94.2 Å². The van der Waals surface area contributed by atoms with Crippen molar-refractivity contribution >= 4 is 65.6 Å². The van der Waals surface area contributed by atoms with Crippen molar-refractivity contribution in [2.24, 2.45) is 61.6 Å². The van der Waals surface area contributed by atoms with Gasteiger partial charge in [0.2, 0.25) is 0 Å². The Morgan fingerprint density at radius 2 is 0.683 bits per heavy atom. The van der Waals surface area contributed by atoms with Crippen LogP contribution in [0.5, 0.6) is 0 Å². The third kappa shape index (κ3) is 98.6. The Kier molecular flexibility index (Phi) is 55.7. The number of aliphatic carboxylic acids is 9. The van der Waals surface area contributed by atoms with Crippen molar-refractivity contribution in [1.82, 2.24) is 0 Å². The van der Waals surface area contributed by atoms with Crippen molar-refractivity contribution in [3.63, 3.8) is 0 Å². The first-order valence-electron chi connectivity index (χ1n) is 16.5. The van der Waals surface area contributed by atoms with Crippen LogP contribution in [0.25, 0.3) is 0 Å². The van der Waals surface area contributed by atoms with Crippen LogP contribution in [0.15, 0.2) is 9.98 Å². The number of nitrogens with zero attached hydrogens (tertiary/aromatic N) is 2. The third-order valence-electron chi connectivity index (χ3n) is 4.71. The molecule has 0 bridgehead atoms. The van der Waals surface area contributed by atoms with Crippen LogP contribution in [-0.4, -0.2) is 166 Å². The summed E-state index contributed by atoms with van der Waals surface area (Å²) in [5, 5.41) is 79.7. The van der Waals surface area contributed by atoms with E-state index in [0.717, 1.165) is 13.8 Å².